The van der Waals surface area contributed by atoms with E-state index < -0.39 is 11.2 Å². The Balaban J connectivity index is 1.66. The molecule has 1 saturated heterocycles. The molecule has 0 saturated carbocycles. The Morgan fingerprint density at radius 2 is 2.07 bits per heavy atom. The number of aryl methyl sites for hydroxylation is 1. The van der Waals surface area contributed by atoms with Gasteiger partial charge in [0.1, 0.15) is 11.3 Å². The van der Waals surface area contributed by atoms with Crippen LogP contribution in [0.3, 0.4) is 0 Å². The summed E-state index contributed by atoms with van der Waals surface area (Å²) < 4.78 is 3.00. The van der Waals surface area contributed by atoms with Gasteiger partial charge in [-0.25, -0.2) is 9.78 Å². The van der Waals surface area contributed by atoms with Crippen molar-refractivity contribution in [2.45, 2.75) is 18.8 Å². The first-order chi connectivity index (χ1) is 12.9. The highest BCUT2D eigenvalue weighted by Gasteiger charge is 2.29. The number of H-pyrrole nitrogens is 1. The minimum absolute atomic E-state index is 0.0228. The number of amides is 1. The molecule has 0 spiro atoms. The molecule has 3 aromatic heterocycles. The minimum atomic E-state index is -0.416. The maximum atomic E-state index is 12.7. The van der Waals surface area contributed by atoms with Gasteiger partial charge in [-0.2, -0.15) is 0 Å². The average Bonchev–Trinajstić information content (AvgIpc) is 3.31. The number of aromatic amines is 1. The number of carbonyl (C=O) groups is 1. The van der Waals surface area contributed by atoms with Gasteiger partial charge in [0.25, 0.3) is 11.5 Å². The molecule has 1 N–H and O–H groups in total. The largest absolute Gasteiger partial charge is 0.337 e. The van der Waals surface area contributed by atoms with Crippen LogP contribution in [0.15, 0.2) is 21.7 Å². The summed E-state index contributed by atoms with van der Waals surface area (Å²) in [6.45, 7) is 1.17. The number of halogens is 1. The second-order valence-corrected chi connectivity index (χ2v) is 8.44. The van der Waals surface area contributed by atoms with E-state index in [1.54, 1.807) is 24.1 Å². The molecule has 3 aromatic rings. The molecule has 4 heterocycles. The first-order valence-electron chi connectivity index (χ1n) is 8.57. The SMILES string of the molecule is Cn1c(=O)c2[nH]c(C3CCCN(C(=O)c4ccc(Cl)s4)C3)nc2n(C)c1=O. The van der Waals surface area contributed by atoms with Crippen molar-refractivity contribution in [1.82, 2.24) is 24.0 Å². The Morgan fingerprint density at radius 3 is 2.78 bits per heavy atom. The van der Waals surface area contributed by atoms with Crippen molar-refractivity contribution in [3.8, 4) is 0 Å². The lowest BCUT2D eigenvalue weighted by Gasteiger charge is -2.31. The topological polar surface area (TPSA) is 93.0 Å². The Morgan fingerprint density at radius 1 is 1.30 bits per heavy atom. The summed E-state index contributed by atoms with van der Waals surface area (Å²) in [5, 5.41) is 0. The van der Waals surface area contributed by atoms with Crippen molar-refractivity contribution in [3.05, 3.63) is 48.0 Å². The van der Waals surface area contributed by atoms with Gasteiger partial charge in [-0.15, -0.1) is 11.3 Å². The van der Waals surface area contributed by atoms with Crippen molar-refractivity contribution < 1.29 is 4.79 Å². The van der Waals surface area contributed by atoms with E-state index in [4.69, 9.17) is 11.6 Å². The van der Waals surface area contributed by atoms with Crippen molar-refractivity contribution in [3.63, 3.8) is 0 Å². The first-order valence-corrected chi connectivity index (χ1v) is 9.76. The summed E-state index contributed by atoms with van der Waals surface area (Å²) in [6, 6.07) is 3.45. The van der Waals surface area contributed by atoms with Gasteiger partial charge in [-0.1, -0.05) is 11.6 Å². The molecule has 1 aliphatic rings. The number of nitrogens with one attached hydrogen (secondary N) is 1. The van der Waals surface area contributed by atoms with Gasteiger partial charge in [0.15, 0.2) is 5.65 Å². The van der Waals surface area contributed by atoms with E-state index >= 15 is 0 Å². The standard InChI is InChI=1S/C17H18ClN5O3S/c1-21-14-12(16(25)22(2)17(21)26)19-13(20-14)9-4-3-7-23(8-9)15(24)10-5-6-11(18)27-10/h5-6,9H,3-4,7-8H2,1-2H3,(H,19,20). The van der Waals surface area contributed by atoms with Crippen LogP contribution >= 0.6 is 22.9 Å². The summed E-state index contributed by atoms with van der Waals surface area (Å²) >= 11 is 7.21. The summed E-state index contributed by atoms with van der Waals surface area (Å²) in [6.07, 6.45) is 1.69. The number of piperidine rings is 1. The smallest absolute Gasteiger partial charge is 0.332 e. The molecule has 0 bridgehead atoms. The van der Waals surface area contributed by atoms with Gasteiger partial charge in [0.2, 0.25) is 0 Å². The number of hydrogen-bond acceptors (Lipinski definition) is 5. The van der Waals surface area contributed by atoms with Gasteiger partial charge in [-0.05, 0) is 25.0 Å². The highest BCUT2D eigenvalue weighted by Crippen LogP contribution is 2.29. The molecule has 8 nitrogen and oxygen atoms in total. The Hall–Kier alpha value is -2.39. The fraction of sp³-hybridized carbons (Fsp3) is 0.412. The third-order valence-corrected chi connectivity index (χ3v) is 6.21. The highest BCUT2D eigenvalue weighted by molar-refractivity contribution is 7.17. The van der Waals surface area contributed by atoms with Gasteiger partial charge in [-0.3, -0.25) is 18.7 Å². The van der Waals surface area contributed by atoms with E-state index in [0.717, 1.165) is 17.4 Å². The van der Waals surface area contributed by atoms with Gasteiger partial charge in [0, 0.05) is 33.1 Å². The van der Waals surface area contributed by atoms with E-state index in [-0.39, 0.29) is 11.8 Å². The quantitative estimate of drug-likeness (QED) is 0.699. The lowest BCUT2D eigenvalue weighted by molar-refractivity contribution is 0.0710. The fourth-order valence-corrected chi connectivity index (χ4v) is 4.52. The lowest BCUT2D eigenvalue weighted by atomic mass is 9.97. The second-order valence-electron chi connectivity index (χ2n) is 6.72. The molecule has 0 aliphatic carbocycles. The van der Waals surface area contributed by atoms with Crippen molar-refractivity contribution in [1.29, 1.82) is 0 Å². The summed E-state index contributed by atoms with van der Waals surface area (Å²) in [5.41, 5.74) is -0.168. The van der Waals surface area contributed by atoms with Crippen molar-refractivity contribution in [2.24, 2.45) is 14.1 Å². The molecule has 1 fully saturated rings. The number of carbonyl (C=O) groups excluding carboxylic acids is 1. The number of likely N-dealkylation sites (tertiary alicyclic amines) is 1. The zero-order valence-corrected chi connectivity index (χ0v) is 16.4. The maximum absolute atomic E-state index is 12.7. The van der Waals surface area contributed by atoms with Crippen molar-refractivity contribution >= 4 is 40.0 Å². The van der Waals surface area contributed by atoms with Crippen LogP contribution in [0.4, 0.5) is 0 Å². The number of rotatable bonds is 2. The molecule has 1 unspecified atom stereocenters. The van der Waals surface area contributed by atoms with Crippen LogP contribution in [0.2, 0.25) is 4.34 Å². The van der Waals surface area contributed by atoms with Crippen LogP contribution in [0.25, 0.3) is 11.2 Å². The van der Waals surface area contributed by atoms with Gasteiger partial charge < -0.3 is 9.88 Å². The molecule has 10 heteroatoms. The molecule has 142 valence electrons. The number of fused-ring (bicyclic) bond motifs is 1. The predicted octanol–water partition coefficient (Wildman–Crippen LogP) is 1.69. The van der Waals surface area contributed by atoms with Crippen molar-refractivity contribution in [2.75, 3.05) is 13.1 Å². The van der Waals surface area contributed by atoms with Gasteiger partial charge in [0.05, 0.1) is 9.21 Å². The molecule has 1 atom stereocenters. The third kappa shape index (κ3) is 3.00. The fourth-order valence-electron chi connectivity index (χ4n) is 3.51. The van der Waals surface area contributed by atoms with E-state index in [9.17, 15) is 14.4 Å². The normalized spacial score (nSPS) is 17.6. The van der Waals surface area contributed by atoms with E-state index in [1.807, 2.05) is 0 Å². The first kappa shape index (κ1) is 18.0. The van der Waals surface area contributed by atoms with E-state index in [1.165, 1.54) is 23.0 Å². The number of nitrogens with zero attached hydrogens (tertiary/aromatic N) is 4. The van der Waals surface area contributed by atoms with E-state index in [0.29, 0.717) is 39.3 Å². The zero-order valence-electron chi connectivity index (χ0n) is 14.9. The second kappa shape index (κ2) is 6.65. The summed E-state index contributed by atoms with van der Waals surface area (Å²) in [4.78, 5) is 47.2. The lowest BCUT2D eigenvalue weighted by Crippen LogP contribution is -2.39. The number of imidazole rings is 1. The molecule has 1 amide bonds. The highest BCUT2D eigenvalue weighted by atomic mass is 35.5. The molecule has 27 heavy (non-hydrogen) atoms. The summed E-state index contributed by atoms with van der Waals surface area (Å²) in [7, 11) is 3.03. The Kier molecular flexibility index (Phi) is 4.43. The van der Waals surface area contributed by atoms with Crippen LogP contribution < -0.4 is 11.2 Å². The maximum Gasteiger partial charge on any atom is 0.332 e. The van der Waals surface area contributed by atoms with Crippen LogP contribution in [0.1, 0.15) is 34.3 Å². The van der Waals surface area contributed by atoms with Crippen LogP contribution in [-0.4, -0.2) is 43.0 Å². The van der Waals surface area contributed by atoms with Gasteiger partial charge >= 0.3 is 5.69 Å². The zero-order chi connectivity index (χ0) is 19.3. The number of aromatic nitrogens is 4. The monoisotopic (exact) mass is 407 g/mol. The molecule has 0 aromatic carbocycles. The molecular weight excluding hydrogens is 390 g/mol. The number of thiophene rings is 1. The van der Waals surface area contributed by atoms with Crippen LogP contribution in [-0.2, 0) is 14.1 Å². The Bertz CT molecular complexity index is 1160. The summed E-state index contributed by atoms with van der Waals surface area (Å²) in [5.74, 6) is 0.561. The minimum Gasteiger partial charge on any atom is -0.337 e. The third-order valence-electron chi connectivity index (χ3n) is 4.99. The van der Waals surface area contributed by atoms with E-state index in [2.05, 4.69) is 9.97 Å². The van der Waals surface area contributed by atoms with Crippen LogP contribution in [0.5, 0.6) is 0 Å². The molecule has 4 rings (SSSR count). The Labute approximate surface area is 163 Å². The predicted molar refractivity (Wildman–Crippen MR) is 104 cm³/mol. The molecule has 0 radical (unpaired) electrons. The number of hydrogen-bond donors (Lipinski definition) is 1. The van der Waals surface area contributed by atoms with Crippen LogP contribution in [0, 0.1) is 0 Å². The average molecular weight is 408 g/mol. The molecule has 1 aliphatic heterocycles. The molecular formula is C17H18ClN5O3S.